The summed E-state index contributed by atoms with van der Waals surface area (Å²) in [5.74, 6) is 0.737. The normalized spacial score (nSPS) is 22.3. The van der Waals surface area contributed by atoms with E-state index >= 15 is 0 Å². The molecule has 0 spiro atoms. The molecular formula is C16H28N2O3. The number of aliphatic hydroxyl groups is 1. The lowest BCUT2D eigenvalue weighted by atomic mass is 9.92. The van der Waals surface area contributed by atoms with Gasteiger partial charge in [0, 0.05) is 33.0 Å². The van der Waals surface area contributed by atoms with Crippen LogP contribution in [0.25, 0.3) is 0 Å². The third-order valence-corrected chi connectivity index (χ3v) is 4.99. The van der Waals surface area contributed by atoms with Gasteiger partial charge in [0.2, 0.25) is 11.8 Å². The maximum atomic E-state index is 11.9. The number of piperidine rings is 1. The molecule has 0 aromatic carbocycles. The van der Waals surface area contributed by atoms with Gasteiger partial charge in [-0.3, -0.25) is 9.59 Å². The van der Waals surface area contributed by atoms with Crippen molar-refractivity contribution in [1.82, 2.24) is 10.2 Å². The fraction of sp³-hybridized carbons (Fsp3) is 0.875. The summed E-state index contributed by atoms with van der Waals surface area (Å²) in [6.45, 7) is 3.65. The molecule has 1 saturated carbocycles. The summed E-state index contributed by atoms with van der Waals surface area (Å²) in [5.41, 5.74) is -0.664. The highest BCUT2D eigenvalue weighted by atomic mass is 16.3. The van der Waals surface area contributed by atoms with Crippen molar-refractivity contribution >= 4 is 11.8 Å². The fourth-order valence-electron chi connectivity index (χ4n) is 3.43. The smallest absolute Gasteiger partial charge is 0.220 e. The Morgan fingerprint density at radius 1 is 1.24 bits per heavy atom. The van der Waals surface area contributed by atoms with E-state index in [9.17, 15) is 14.7 Å². The molecule has 2 aliphatic rings. The summed E-state index contributed by atoms with van der Waals surface area (Å²) in [6, 6.07) is 0. The number of carbonyl (C=O) groups is 2. The van der Waals surface area contributed by atoms with Gasteiger partial charge in [0.25, 0.3) is 0 Å². The van der Waals surface area contributed by atoms with Crippen molar-refractivity contribution in [2.24, 2.45) is 5.92 Å². The summed E-state index contributed by atoms with van der Waals surface area (Å²) >= 11 is 0. The van der Waals surface area contributed by atoms with E-state index in [-0.39, 0.29) is 11.8 Å². The second kappa shape index (κ2) is 7.25. The zero-order valence-corrected chi connectivity index (χ0v) is 13.1. The van der Waals surface area contributed by atoms with E-state index in [4.69, 9.17) is 0 Å². The highest BCUT2D eigenvalue weighted by Gasteiger charge is 2.31. The summed E-state index contributed by atoms with van der Waals surface area (Å²) < 4.78 is 0. The molecule has 0 bridgehead atoms. The molecule has 0 aromatic rings. The highest BCUT2D eigenvalue weighted by molar-refractivity contribution is 5.76. The third-order valence-electron chi connectivity index (χ3n) is 4.99. The first-order valence-electron chi connectivity index (χ1n) is 8.23. The van der Waals surface area contributed by atoms with Crippen molar-refractivity contribution in [2.45, 2.75) is 63.9 Å². The Kier molecular flexibility index (Phi) is 5.62. The lowest BCUT2D eigenvalue weighted by Crippen LogP contribution is -2.41. The molecule has 5 nitrogen and oxygen atoms in total. The van der Waals surface area contributed by atoms with Crippen molar-refractivity contribution in [3.8, 4) is 0 Å². The number of amides is 2. The van der Waals surface area contributed by atoms with Crippen LogP contribution in [0.4, 0.5) is 0 Å². The van der Waals surface area contributed by atoms with Gasteiger partial charge in [-0.15, -0.1) is 0 Å². The van der Waals surface area contributed by atoms with Gasteiger partial charge in [-0.2, -0.15) is 0 Å². The molecule has 5 heteroatoms. The summed E-state index contributed by atoms with van der Waals surface area (Å²) in [4.78, 5) is 25.0. The first kappa shape index (κ1) is 16.3. The van der Waals surface area contributed by atoms with E-state index in [1.54, 1.807) is 6.92 Å². The Morgan fingerprint density at radius 2 is 1.86 bits per heavy atom. The Balaban J connectivity index is 1.60. The quantitative estimate of drug-likeness (QED) is 0.806. The van der Waals surface area contributed by atoms with E-state index in [1.165, 1.54) is 0 Å². The molecule has 1 heterocycles. The lowest BCUT2D eigenvalue weighted by Gasteiger charge is -2.31. The van der Waals surface area contributed by atoms with Crippen LogP contribution in [0.3, 0.4) is 0 Å². The first-order chi connectivity index (χ1) is 9.98. The number of hydrogen-bond donors (Lipinski definition) is 2. The molecule has 1 saturated heterocycles. The number of hydrogen-bond acceptors (Lipinski definition) is 3. The second-order valence-corrected chi connectivity index (χ2v) is 6.70. The van der Waals surface area contributed by atoms with Gasteiger partial charge in [-0.25, -0.2) is 0 Å². The minimum atomic E-state index is -0.664. The average Bonchev–Trinajstić information content (AvgIpc) is 2.91. The van der Waals surface area contributed by atoms with E-state index in [0.717, 1.165) is 58.0 Å². The first-order valence-corrected chi connectivity index (χ1v) is 8.23. The second-order valence-electron chi connectivity index (χ2n) is 6.70. The molecule has 120 valence electrons. The van der Waals surface area contributed by atoms with Crippen LogP contribution in [0.15, 0.2) is 0 Å². The van der Waals surface area contributed by atoms with Crippen molar-refractivity contribution in [2.75, 3.05) is 19.6 Å². The van der Waals surface area contributed by atoms with Crippen LogP contribution < -0.4 is 5.32 Å². The summed E-state index contributed by atoms with van der Waals surface area (Å²) in [5, 5.41) is 13.1. The Labute approximate surface area is 127 Å². The van der Waals surface area contributed by atoms with Crippen LogP contribution in [-0.2, 0) is 9.59 Å². The number of nitrogens with zero attached hydrogens (tertiary/aromatic N) is 1. The minimum absolute atomic E-state index is 0.0457. The van der Waals surface area contributed by atoms with Gasteiger partial charge in [-0.1, -0.05) is 12.8 Å². The van der Waals surface area contributed by atoms with Crippen LogP contribution >= 0.6 is 0 Å². The van der Waals surface area contributed by atoms with Crippen LogP contribution in [0, 0.1) is 5.92 Å². The van der Waals surface area contributed by atoms with Gasteiger partial charge >= 0.3 is 0 Å². The molecule has 21 heavy (non-hydrogen) atoms. The zero-order chi connectivity index (χ0) is 15.3. The molecule has 0 atom stereocenters. The molecule has 0 radical (unpaired) electrons. The molecule has 2 fully saturated rings. The Hall–Kier alpha value is -1.10. The van der Waals surface area contributed by atoms with Crippen molar-refractivity contribution in [1.29, 1.82) is 0 Å². The van der Waals surface area contributed by atoms with E-state index in [1.807, 2.05) is 4.90 Å². The fourth-order valence-corrected chi connectivity index (χ4v) is 3.43. The average molecular weight is 296 g/mol. The van der Waals surface area contributed by atoms with E-state index in [2.05, 4.69) is 5.32 Å². The molecule has 2 N–H and O–H groups in total. The standard InChI is InChI=1S/C16H28N2O3/c1-13(19)18-10-6-14(7-11-18)4-5-15(20)17-12-16(21)8-2-3-9-16/h14,21H,2-12H2,1H3,(H,17,20). The molecule has 0 aromatic heterocycles. The predicted molar refractivity (Wildman–Crippen MR) is 80.6 cm³/mol. The number of likely N-dealkylation sites (tertiary alicyclic amines) is 1. The van der Waals surface area contributed by atoms with E-state index < -0.39 is 5.60 Å². The zero-order valence-electron chi connectivity index (χ0n) is 13.1. The molecule has 1 aliphatic heterocycles. The molecule has 2 amide bonds. The van der Waals surface area contributed by atoms with Crippen LogP contribution in [0.2, 0.25) is 0 Å². The maximum Gasteiger partial charge on any atom is 0.220 e. The lowest BCUT2D eigenvalue weighted by molar-refractivity contribution is -0.130. The topological polar surface area (TPSA) is 69.6 Å². The highest BCUT2D eigenvalue weighted by Crippen LogP contribution is 2.28. The van der Waals surface area contributed by atoms with Crippen molar-refractivity contribution < 1.29 is 14.7 Å². The largest absolute Gasteiger partial charge is 0.388 e. The van der Waals surface area contributed by atoms with Gasteiger partial charge in [0.1, 0.15) is 0 Å². The molecule has 1 aliphatic carbocycles. The van der Waals surface area contributed by atoms with Gasteiger partial charge in [-0.05, 0) is 38.0 Å². The van der Waals surface area contributed by atoms with E-state index in [0.29, 0.717) is 18.9 Å². The Bertz CT molecular complexity index is 370. The number of nitrogens with one attached hydrogen (secondary N) is 1. The molecule has 2 rings (SSSR count). The van der Waals surface area contributed by atoms with Gasteiger partial charge in [0.15, 0.2) is 0 Å². The molecular weight excluding hydrogens is 268 g/mol. The van der Waals surface area contributed by atoms with Gasteiger partial charge in [0.05, 0.1) is 5.60 Å². The van der Waals surface area contributed by atoms with Crippen molar-refractivity contribution in [3.63, 3.8) is 0 Å². The number of rotatable bonds is 5. The SMILES string of the molecule is CC(=O)N1CCC(CCC(=O)NCC2(O)CCCC2)CC1. The van der Waals surface area contributed by atoms with Crippen LogP contribution in [0.1, 0.15) is 58.3 Å². The summed E-state index contributed by atoms with van der Waals surface area (Å²) in [6.07, 6.45) is 7.13. The van der Waals surface area contributed by atoms with Crippen LogP contribution in [0.5, 0.6) is 0 Å². The van der Waals surface area contributed by atoms with Crippen molar-refractivity contribution in [3.05, 3.63) is 0 Å². The minimum Gasteiger partial charge on any atom is -0.388 e. The maximum absolute atomic E-state index is 11.9. The molecule has 0 unspecified atom stereocenters. The number of carbonyl (C=O) groups excluding carboxylic acids is 2. The monoisotopic (exact) mass is 296 g/mol. The summed E-state index contributed by atoms with van der Waals surface area (Å²) in [7, 11) is 0. The Morgan fingerprint density at radius 3 is 2.43 bits per heavy atom. The predicted octanol–water partition coefficient (Wildman–Crippen LogP) is 1.45. The third kappa shape index (κ3) is 4.99. The van der Waals surface area contributed by atoms with Gasteiger partial charge < -0.3 is 15.3 Å². The van der Waals surface area contributed by atoms with Crippen LogP contribution in [-0.4, -0.2) is 47.1 Å².